The van der Waals surface area contributed by atoms with Crippen molar-refractivity contribution >= 4 is 22.8 Å². The van der Waals surface area contributed by atoms with E-state index in [9.17, 15) is 0 Å². The minimum absolute atomic E-state index is 0.573. The zero-order chi connectivity index (χ0) is 14.2. The molecule has 0 radical (unpaired) electrons. The van der Waals surface area contributed by atoms with Crippen LogP contribution in [0.1, 0.15) is 12.0 Å². The van der Waals surface area contributed by atoms with Crippen LogP contribution in [-0.4, -0.2) is 34.0 Å². The normalized spacial score (nSPS) is 17.0. The molecule has 2 aromatic rings. The van der Waals surface area contributed by atoms with Crippen molar-refractivity contribution in [3.8, 4) is 11.1 Å². The quantitative estimate of drug-likeness (QED) is 0.878. The molecule has 1 aromatic heterocycles. The standard InChI is InChI=1S/C16H14N4S/c17-16-20-8-2-7-19-15(20)13-5-4-11(9-14(13)21-16)12-3-1-6-18-10-12/h1,3-6,9-10,17H,2,7-8H2. The lowest BCUT2D eigenvalue weighted by Crippen LogP contribution is -2.42. The molecule has 0 unspecified atom stereocenters. The molecule has 0 bridgehead atoms. The van der Waals surface area contributed by atoms with Gasteiger partial charge in [-0.3, -0.25) is 15.4 Å². The molecular formula is C16H14N4S. The summed E-state index contributed by atoms with van der Waals surface area (Å²) >= 11 is 1.51. The van der Waals surface area contributed by atoms with Crippen molar-refractivity contribution in [1.82, 2.24) is 9.88 Å². The van der Waals surface area contributed by atoms with Crippen LogP contribution in [0.2, 0.25) is 0 Å². The Balaban J connectivity index is 1.82. The number of rotatable bonds is 1. The van der Waals surface area contributed by atoms with Crippen molar-refractivity contribution in [2.45, 2.75) is 11.3 Å². The molecule has 4 rings (SSSR count). The zero-order valence-electron chi connectivity index (χ0n) is 11.4. The molecule has 0 saturated carbocycles. The Morgan fingerprint density at radius 2 is 2.14 bits per heavy atom. The maximum absolute atomic E-state index is 8.22. The predicted molar refractivity (Wildman–Crippen MR) is 86.0 cm³/mol. The Labute approximate surface area is 127 Å². The van der Waals surface area contributed by atoms with E-state index < -0.39 is 0 Å². The third kappa shape index (κ3) is 2.14. The van der Waals surface area contributed by atoms with Crippen molar-refractivity contribution in [3.05, 3.63) is 48.3 Å². The largest absolute Gasteiger partial charge is 0.305 e. The number of amidine groups is 2. The van der Waals surface area contributed by atoms with Crippen molar-refractivity contribution in [2.75, 3.05) is 13.1 Å². The summed E-state index contributed by atoms with van der Waals surface area (Å²) in [4.78, 5) is 11.9. The summed E-state index contributed by atoms with van der Waals surface area (Å²) < 4.78 is 0. The van der Waals surface area contributed by atoms with E-state index in [1.54, 1.807) is 6.20 Å². The smallest absolute Gasteiger partial charge is 0.166 e. The summed E-state index contributed by atoms with van der Waals surface area (Å²) in [7, 11) is 0. The molecule has 104 valence electrons. The van der Waals surface area contributed by atoms with Gasteiger partial charge in [0, 0.05) is 41.5 Å². The number of aliphatic imine (C=N–C) groups is 1. The van der Waals surface area contributed by atoms with E-state index in [1.165, 1.54) is 11.8 Å². The lowest BCUT2D eigenvalue weighted by molar-refractivity contribution is 0.552. The monoisotopic (exact) mass is 294 g/mol. The highest BCUT2D eigenvalue weighted by atomic mass is 32.2. The summed E-state index contributed by atoms with van der Waals surface area (Å²) in [6.45, 7) is 1.75. The van der Waals surface area contributed by atoms with Gasteiger partial charge in [0.05, 0.1) is 0 Å². The zero-order valence-corrected chi connectivity index (χ0v) is 12.2. The first kappa shape index (κ1) is 12.6. The number of thioether (sulfide) groups is 1. The molecule has 3 heterocycles. The first-order chi connectivity index (χ1) is 10.3. The number of hydrogen-bond acceptors (Lipinski definition) is 4. The number of nitrogens with one attached hydrogen (secondary N) is 1. The lowest BCUT2D eigenvalue weighted by atomic mass is 10.0. The maximum Gasteiger partial charge on any atom is 0.166 e. The molecule has 0 fully saturated rings. The predicted octanol–water partition coefficient (Wildman–Crippen LogP) is 3.24. The molecule has 0 amide bonds. The molecule has 0 atom stereocenters. The van der Waals surface area contributed by atoms with E-state index in [2.05, 4.69) is 34.2 Å². The van der Waals surface area contributed by atoms with Crippen molar-refractivity contribution in [2.24, 2.45) is 4.99 Å². The van der Waals surface area contributed by atoms with E-state index in [4.69, 9.17) is 5.41 Å². The molecule has 1 N–H and O–H groups in total. The van der Waals surface area contributed by atoms with Gasteiger partial charge in [0.2, 0.25) is 0 Å². The molecular weight excluding hydrogens is 280 g/mol. The van der Waals surface area contributed by atoms with Crippen LogP contribution in [0.4, 0.5) is 0 Å². The Kier molecular flexibility index (Phi) is 3.00. The summed E-state index contributed by atoms with van der Waals surface area (Å²) in [5, 5.41) is 8.79. The fourth-order valence-electron chi connectivity index (χ4n) is 2.70. The highest BCUT2D eigenvalue weighted by molar-refractivity contribution is 8.14. The van der Waals surface area contributed by atoms with Gasteiger partial charge in [-0.15, -0.1) is 0 Å². The number of nitrogens with zero attached hydrogens (tertiary/aromatic N) is 3. The van der Waals surface area contributed by atoms with Gasteiger partial charge in [-0.2, -0.15) is 0 Å². The SMILES string of the molecule is N=C1Sc2cc(-c3cccnc3)ccc2C2=NCCCN12. The molecule has 21 heavy (non-hydrogen) atoms. The van der Waals surface area contributed by atoms with Crippen LogP contribution in [0.15, 0.2) is 52.6 Å². The van der Waals surface area contributed by atoms with Gasteiger partial charge in [-0.05, 0) is 30.2 Å². The van der Waals surface area contributed by atoms with E-state index in [0.29, 0.717) is 5.17 Å². The van der Waals surface area contributed by atoms with E-state index >= 15 is 0 Å². The van der Waals surface area contributed by atoms with E-state index in [1.807, 2.05) is 17.2 Å². The van der Waals surface area contributed by atoms with Crippen molar-refractivity contribution in [3.63, 3.8) is 0 Å². The first-order valence-electron chi connectivity index (χ1n) is 6.96. The molecule has 5 heteroatoms. The van der Waals surface area contributed by atoms with Gasteiger partial charge in [-0.1, -0.05) is 23.9 Å². The Hall–Kier alpha value is -2.14. The maximum atomic E-state index is 8.22. The molecule has 2 aliphatic rings. The summed E-state index contributed by atoms with van der Waals surface area (Å²) in [5.41, 5.74) is 3.37. The first-order valence-corrected chi connectivity index (χ1v) is 7.78. The summed E-state index contributed by atoms with van der Waals surface area (Å²) in [5.74, 6) is 0.956. The number of fused-ring (bicyclic) bond motifs is 3. The third-order valence-electron chi connectivity index (χ3n) is 3.73. The van der Waals surface area contributed by atoms with Gasteiger partial charge in [-0.25, -0.2) is 0 Å². The van der Waals surface area contributed by atoms with E-state index in [-0.39, 0.29) is 0 Å². The highest BCUT2D eigenvalue weighted by Crippen LogP contribution is 2.36. The second-order valence-corrected chi connectivity index (χ2v) is 6.10. The third-order valence-corrected chi connectivity index (χ3v) is 4.70. The lowest BCUT2D eigenvalue weighted by Gasteiger charge is -2.34. The second-order valence-electron chi connectivity index (χ2n) is 5.07. The Morgan fingerprint density at radius 1 is 1.19 bits per heavy atom. The van der Waals surface area contributed by atoms with Gasteiger partial charge in [0.25, 0.3) is 0 Å². The van der Waals surface area contributed by atoms with Gasteiger partial charge in [0.15, 0.2) is 5.17 Å². The van der Waals surface area contributed by atoms with Gasteiger partial charge >= 0.3 is 0 Å². The number of pyridine rings is 1. The average Bonchev–Trinajstić information content (AvgIpc) is 2.55. The molecule has 4 nitrogen and oxygen atoms in total. The van der Waals surface area contributed by atoms with Gasteiger partial charge < -0.3 is 4.90 Å². The van der Waals surface area contributed by atoms with E-state index in [0.717, 1.165) is 46.9 Å². The average molecular weight is 294 g/mol. The highest BCUT2D eigenvalue weighted by Gasteiger charge is 2.29. The number of benzene rings is 1. The van der Waals surface area contributed by atoms with Crippen molar-refractivity contribution in [1.29, 1.82) is 5.41 Å². The molecule has 0 saturated heterocycles. The molecule has 1 aromatic carbocycles. The molecule has 0 spiro atoms. The minimum Gasteiger partial charge on any atom is -0.305 e. The van der Waals surface area contributed by atoms with Crippen LogP contribution in [0, 0.1) is 5.41 Å². The van der Waals surface area contributed by atoms with Crippen LogP contribution in [0.5, 0.6) is 0 Å². The number of hydrogen-bond donors (Lipinski definition) is 1. The van der Waals surface area contributed by atoms with Crippen molar-refractivity contribution < 1.29 is 0 Å². The fraction of sp³-hybridized carbons (Fsp3) is 0.188. The van der Waals surface area contributed by atoms with Crippen LogP contribution < -0.4 is 0 Å². The van der Waals surface area contributed by atoms with Gasteiger partial charge in [0.1, 0.15) is 5.84 Å². The summed E-state index contributed by atoms with van der Waals surface area (Å²) in [6.07, 6.45) is 4.67. The topological polar surface area (TPSA) is 52.3 Å². The molecule has 0 aliphatic carbocycles. The Bertz CT molecular complexity index is 739. The van der Waals surface area contributed by atoms with Crippen LogP contribution in [-0.2, 0) is 0 Å². The number of aromatic nitrogens is 1. The minimum atomic E-state index is 0.573. The van der Waals surface area contributed by atoms with Crippen LogP contribution in [0.25, 0.3) is 11.1 Å². The van der Waals surface area contributed by atoms with Crippen LogP contribution in [0.3, 0.4) is 0 Å². The summed E-state index contributed by atoms with van der Waals surface area (Å²) in [6, 6.07) is 10.4. The fourth-order valence-corrected chi connectivity index (χ4v) is 3.65. The Morgan fingerprint density at radius 3 is 3.00 bits per heavy atom. The van der Waals surface area contributed by atoms with Crippen LogP contribution >= 0.6 is 11.8 Å². The molecule has 2 aliphatic heterocycles. The second kappa shape index (κ2) is 5.00.